The Balaban J connectivity index is 1.73. The van der Waals surface area contributed by atoms with Crippen LogP contribution in [0.2, 0.25) is 5.02 Å². The van der Waals surface area contributed by atoms with Gasteiger partial charge in [0.1, 0.15) is 0 Å². The Morgan fingerprint density at radius 3 is 2.94 bits per heavy atom. The van der Waals surface area contributed by atoms with Gasteiger partial charge in [0.2, 0.25) is 0 Å². The topological polar surface area (TPSA) is 15.3 Å². The summed E-state index contributed by atoms with van der Waals surface area (Å²) >= 11 is 6.34. The van der Waals surface area contributed by atoms with Crippen molar-refractivity contribution >= 4 is 11.6 Å². The number of benzene rings is 1. The van der Waals surface area contributed by atoms with Crippen LogP contribution in [0.5, 0.6) is 0 Å². The number of aryl methyl sites for hydroxylation is 1. The van der Waals surface area contributed by atoms with Crippen molar-refractivity contribution in [2.45, 2.75) is 26.4 Å². The van der Waals surface area contributed by atoms with Crippen LogP contribution in [-0.2, 0) is 6.54 Å². The SMILES string of the molecule is Cc1ccc(CN2CC3CNCC3C2C)c(Cl)c1. The van der Waals surface area contributed by atoms with Gasteiger partial charge in [-0.05, 0) is 56.0 Å². The average molecular weight is 265 g/mol. The Hall–Kier alpha value is -0.570. The summed E-state index contributed by atoms with van der Waals surface area (Å²) in [5, 5.41) is 4.42. The number of nitrogens with one attached hydrogen (secondary N) is 1. The Bertz CT molecular complexity index is 446. The minimum absolute atomic E-state index is 0.669. The number of likely N-dealkylation sites (tertiary alicyclic amines) is 1. The predicted octanol–water partition coefficient (Wildman–Crippen LogP) is 2.69. The van der Waals surface area contributed by atoms with Crippen LogP contribution in [0.4, 0.5) is 0 Å². The summed E-state index contributed by atoms with van der Waals surface area (Å²) in [6.07, 6.45) is 0. The van der Waals surface area contributed by atoms with Crippen molar-refractivity contribution in [1.82, 2.24) is 10.2 Å². The lowest BCUT2D eigenvalue weighted by Crippen LogP contribution is -2.32. The molecule has 18 heavy (non-hydrogen) atoms. The summed E-state index contributed by atoms with van der Waals surface area (Å²) in [5.74, 6) is 1.67. The predicted molar refractivity (Wildman–Crippen MR) is 75.9 cm³/mol. The van der Waals surface area contributed by atoms with Gasteiger partial charge in [-0.2, -0.15) is 0 Å². The van der Waals surface area contributed by atoms with Gasteiger partial charge in [-0.15, -0.1) is 0 Å². The lowest BCUT2D eigenvalue weighted by Gasteiger charge is -2.24. The van der Waals surface area contributed by atoms with E-state index >= 15 is 0 Å². The minimum Gasteiger partial charge on any atom is -0.316 e. The number of hydrogen-bond donors (Lipinski definition) is 1. The molecule has 0 saturated carbocycles. The Labute approximate surface area is 114 Å². The quantitative estimate of drug-likeness (QED) is 0.884. The fourth-order valence-corrected chi connectivity index (χ4v) is 3.76. The third kappa shape index (κ3) is 2.18. The molecule has 2 aliphatic heterocycles. The van der Waals surface area contributed by atoms with E-state index in [0.717, 1.165) is 23.4 Å². The highest BCUT2D eigenvalue weighted by atomic mass is 35.5. The second kappa shape index (κ2) is 4.84. The van der Waals surface area contributed by atoms with E-state index in [4.69, 9.17) is 11.6 Å². The normalized spacial score (nSPS) is 31.8. The van der Waals surface area contributed by atoms with E-state index in [1.807, 2.05) is 0 Å². The highest BCUT2D eigenvalue weighted by Crippen LogP contribution is 2.34. The molecule has 3 unspecified atom stereocenters. The summed E-state index contributed by atoms with van der Waals surface area (Å²) in [6.45, 7) is 9.03. The number of fused-ring (bicyclic) bond motifs is 1. The van der Waals surface area contributed by atoms with Gasteiger partial charge in [0, 0.05) is 24.2 Å². The molecule has 2 nitrogen and oxygen atoms in total. The molecular formula is C15H21ClN2. The fourth-order valence-electron chi connectivity index (χ4n) is 3.46. The van der Waals surface area contributed by atoms with Gasteiger partial charge in [-0.1, -0.05) is 23.7 Å². The first kappa shape index (κ1) is 12.5. The largest absolute Gasteiger partial charge is 0.316 e. The number of nitrogens with zero attached hydrogens (tertiary/aromatic N) is 1. The van der Waals surface area contributed by atoms with E-state index < -0.39 is 0 Å². The molecule has 2 aliphatic rings. The van der Waals surface area contributed by atoms with Crippen LogP contribution in [-0.4, -0.2) is 30.6 Å². The van der Waals surface area contributed by atoms with Crippen LogP contribution in [0, 0.1) is 18.8 Å². The smallest absolute Gasteiger partial charge is 0.0453 e. The maximum Gasteiger partial charge on any atom is 0.0453 e. The summed E-state index contributed by atoms with van der Waals surface area (Å²) in [4.78, 5) is 2.59. The number of hydrogen-bond acceptors (Lipinski definition) is 2. The van der Waals surface area contributed by atoms with Crippen molar-refractivity contribution in [2.75, 3.05) is 19.6 Å². The maximum absolute atomic E-state index is 6.34. The zero-order valence-electron chi connectivity index (χ0n) is 11.1. The molecule has 3 atom stereocenters. The standard InChI is InChI=1S/C15H21ClN2/c1-10-3-4-12(15(16)5-10)8-18-9-13-6-17-7-14(13)11(18)2/h3-5,11,13-14,17H,6-9H2,1-2H3. The highest BCUT2D eigenvalue weighted by molar-refractivity contribution is 6.31. The van der Waals surface area contributed by atoms with Gasteiger partial charge < -0.3 is 5.32 Å². The van der Waals surface area contributed by atoms with E-state index in [1.54, 1.807) is 0 Å². The van der Waals surface area contributed by atoms with Crippen molar-refractivity contribution in [3.8, 4) is 0 Å². The molecule has 2 saturated heterocycles. The van der Waals surface area contributed by atoms with Crippen LogP contribution >= 0.6 is 11.6 Å². The molecule has 0 aliphatic carbocycles. The molecule has 3 heteroatoms. The van der Waals surface area contributed by atoms with Gasteiger partial charge in [-0.3, -0.25) is 4.90 Å². The first-order valence-corrected chi connectivity index (χ1v) is 7.23. The molecule has 2 fully saturated rings. The van der Waals surface area contributed by atoms with E-state index in [9.17, 15) is 0 Å². The molecule has 3 rings (SSSR count). The van der Waals surface area contributed by atoms with Crippen molar-refractivity contribution in [3.63, 3.8) is 0 Å². The third-order valence-electron chi connectivity index (χ3n) is 4.64. The van der Waals surface area contributed by atoms with Crippen molar-refractivity contribution in [2.24, 2.45) is 11.8 Å². The Morgan fingerprint density at radius 1 is 1.39 bits per heavy atom. The van der Waals surface area contributed by atoms with Gasteiger partial charge in [0.15, 0.2) is 0 Å². The maximum atomic E-state index is 6.34. The Kier molecular flexibility index (Phi) is 3.35. The minimum atomic E-state index is 0.669. The molecule has 98 valence electrons. The van der Waals surface area contributed by atoms with E-state index in [2.05, 4.69) is 42.3 Å². The zero-order chi connectivity index (χ0) is 12.7. The highest BCUT2D eigenvalue weighted by Gasteiger charge is 2.41. The van der Waals surface area contributed by atoms with Gasteiger partial charge in [-0.25, -0.2) is 0 Å². The number of halogens is 1. The van der Waals surface area contributed by atoms with Gasteiger partial charge in [0.25, 0.3) is 0 Å². The van der Waals surface area contributed by atoms with Crippen molar-refractivity contribution in [3.05, 3.63) is 34.3 Å². The summed E-state index contributed by atoms with van der Waals surface area (Å²) in [6, 6.07) is 7.07. The van der Waals surface area contributed by atoms with Crippen molar-refractivity contribution < 1.29 is 0 Å². The van der Waals surface area contributed by atoms with E-state index in [0.29, 0.717) is 6.04 Å². The van der Waals surface area contributed by atoms with Crippen LogP contribution in [0.25, 0.3) is 0 Å². The molecule has 0 aromatic heterocycles. The number of rotatable bonds is 2. The molecule has 1 aromatic rings. The van der Waals surface area contributed by atoms with Crippen LogP contribution in [0.15, 0.2) is 18.2 Å². The molecule has 1 aromatic carbocycles. The summed E-state index contributed by atoms with van der Waals surface area (Å²) in [5.41, 5.74) is 2.50. The second-order valence-electron chi connectivity index (χ2n) is 5.85. The second-order valence-corrected chi connectivity index (χ2v) is 6.25. The van der Waals surface area contributed by atoms with E-state index in [1.165, 1.54) is 30.8 Å². The van der Waals surface area contributed by atoms with Gasteiger partial charge >= 0.3 is 0 Å². The lowest BCUT2D eigenvalue weighted by molar-refractivity contribution is 0.231. The molecule has 0 spiro atoms. The molecule has 0 amide bonds. The molecular weight excluding hydrogens is 244 g/mol. The average Bonchev–Trinajstić information content (AvgIpc) is 2.88. The molecule has 0 radical (unpaired) electrons. The van der Waals surface area contributed by atoms with Crippen LogP contribution < -0.4 is 5.32 Å². The summed E-state index contributed by atoms with van der Waals surface area (Å²) in [7, 11) is 0. The van der Waals surface area contributed by atoms with Crippen LogP contribution in [0.3, 0.4) is 0 Å². The lowest BCUT2D eigenvalue weighted by atomic mass is 9.95. The third-order valence-corrected chi connectivity index (χ3v) is 4.99. The molecule has 2 heterocycles. The van der Waals surface area contributed by atoms with Crippen molar-refractivity contribution in [1.29, 1.82) is 0 Å². The Morgan fingerprint density at radius 2 is 2.22 bits per heavy atom. The fraction of sp³-hybridized carbons (Fsp3) is 0.600. The summed E-state index contributed by atoms with van der Waals surface area (Å²) < 4.78 is 0. The molecule has 1 N–H and O–H groups in total. The van der Waals surface area contributed by atoms with Gasteiger partial charge in [0.05, 0.1) is 0 Å². The monoisotopic (exact) mass is 264 g/mol. The first-order chi connectivity index (χ1) is 8.65. The first-order valence-electron chi connectivity index (χ1n) is 6.85. The van der Waals surface area contributed by atoms with E-state index in [-0.39, 0.29) is 0 Å². The van der Waals surface area contributed by atoms with Crippen LogP contribution in [0.1, 0.15) is 18.1 Å². The molecule has 0 bridgehead atoms. The zero-order valence-corrected chi connectivity index (χ0v) is 11.9.